The highest BCUT2D eigenvalue weighted by Crippen LogP contribution is 2.27. The Labute approximate surface area is 189 Å². The van der Waals surface area contributed by atoms with Gasteiger partial charge in [-0.05, 0) is 12.1 Å². The number of aromatic nitrogens is 3. The molecule has 0 radical (unpaired) electrons. The molecular weight excluding hydrogens is 428 g/mol. The average Bonchev–Trinajstić information content (AvgIpc) is 3.48. The fourth-order valence-electron chi connectivity index (χ4n) is 3.10. The van der Waals surface area contributed by atoms with Crippen LogP contribution in [0.2, 0.25) is 0 Å². The summed E-state index contributed by atoms with van der Waals surface area (Å²) >= 11 is 1.30. The Hall–Kier alpha value is -3.72. The predicted octanol–water partition coefficient (Wildman–Crippen LogP) is 4.33. The molecular formula is C23H22N4O4S. The third kappa shape index (κ3) is 5.12. The molecule has 9 heteroatoms. The van der Waals surface area contributed by atoms with Gasteiger partial charge in [-0.2, -0.15) is 0 Å². The molecule has 0 bridgehead atoms. The van der Waals surface area contributed by atoms with Crippen LogP contribution in [-0.2, 0) is 11.3 Å². The third-order valence-corrected chi connectivity index (χ3v) is 5.58. The maximum absolute atomic E-state index is 12.6. The number of nitrogens with one attached hydrogen (secondary N) is 1. The van der Waals surface area contributed by atoms with E-state index in [0.29, 0.717) is 34.7 Å². The van der Waals surface area contributed by atoms with Crippen LogP contribution in [-0.4, -0.2) is 40.6 Å². The van der Waals surface area contributed by atoms with Crippen LogP contribution < -0.4 is 14.8 Å². The van der Waals surface area contributed by atoms with Crippen molar-refractivity contribution in [1.82, 2.24) is 14.8 Å². The summed E-state index contributed by atoms with van der Waals surface area (Å²) in [5, 5.41) is 12.2. The van der Waals surface area contributed by atoms with Crippen molar-refractivity contribution in [3.63, 3.8) is 0 Å². The fourth-order valence-corrected chi connectivity index (χ4v) is 3.84. The van der Waals surface area contributed by atoms with Crippen LogP contribution in [0.5, 0.6) is 11.5 Å². The number of nitrogens with zero attached hydrogens (tertiary/aromatic N) is 3. The van der Waals surface area contributed by atoms with E-state index in [0.717, 1.165) is 11.3 Å². The number of anilines is 1. The van der Waals surface area contributed by atoms with E-state index in [1.54, 1.807) is 38.7 Å². The molecule has 0 aliphatic heterocycles. The van der Waals surface area contributed by atoms with Gasteiger partial charge in [-0.15, -0.1) is 10.2 Å². The zero-order chi connectivity index (χ0) is 22.3. The molecule has 2 aromatic carbocycles. The first-order valence-corrected chi connectivity index (χ1v) is 10.8. The number of furan rings is 1. The van der Waals surface area contributed by atoms with Crippen molar-refractivity contribution < 1.29 is 18.7 Å². The molecule has 4 rings (SSSR count). The van der Waals surface area contributed by atoms with Crippen LogP contribution in [0.1, 0.15) is 5.76 Å². The second-order valence-electron chi connectivity index (χ2n) is 6.78. The lowest BCUT2D eigenvalue weighted by molar-refractivity contribution is -0.113. The summed E-state index contributed by atoms with van der Waals surface area (Å²) in [7, 11) is 3.12. The highest BCUT2D eigenvalue weighted by Gasteiger charge is 2.17. The maximum Gasteiger partial charge on any atom is 0.234 e. The van der Waals surface area contributed by atoms with Crippen LogP contribution >= 0.6 is 11.8 Å². The fraction of sp³-hybridized carbons (Fsp3) is 0.174. The molecule has 0 atom stereocenters. The van der Waals surface area contributed by atoms with Crippen molar-refractivity contribution in [3.05, 3.63) is 72.7 Å². The number of carbonyl (C=O) groups is 1. The smallest absolute Gasteiger partial charge is 0.234 e. The zero-order valence-electron chi connectivity index (χ0n) is 17.6. The summed E-state index contributed by atoms with van der Waals surface area (Å²) in [6.45, 7) is 0.460. The normalized spacial score (nSPS) is 10.7. The van der Waals surface area contributed by atoms with Gasteiger partial charge in [-0.25, -0.2) is 0 Å². The van der Waals surface area contributed by atoms with Crippen molar-refractivity contribution >= 4 is 23.4 Å². The molecule has 0 saturated heterocycles. The van der Waals surface area contributed by atoms with Gasteiger partial charge in [-0.3, -0.25) is 9.36 Å². The number of hydrogen-bond acceptors (Lipinski definition) is 7. The Morgan fingerprint density at radius 2 is 1.78 bits per heavy atom. The van der Waals surface area contributed by atoms with Gasteiger partial charge in [0.05, 0.1) is 32.8 Å². The molecule has 0 unspecified atom stereocenters. The first-order valence-electron chi connectivity index (χ1n) is 9.83. The molecule has 8 nitrogen and oxygen atoms in total. The van der Waals surface area contributed by atoms with Crippen molar-refractivity contribution in [1.29, 1.82) is 0 Å². The standard InChI is InChI=1S/C23H22N4O4S/c1-29-19-11-17(12-20(13-19)30-2)24-21(28)15-32-23-26-25-22(16-7-4-3-5-8-16)27(23)14-18-9-6-10-31-18/h3-13H,14-15H2,1-2H3,(H,24,28). The number of methoxy groups -OCH3 is 2. The van der Waals surface area contributed by atoms with Gasteiger partial charge in [0.25, 0.3) is 0 Å². The number of thioether (sulfide) groups is 1. The Morgan fingerprint density at radius 1 is 1.03 bits per heavy atom. The molecule has 2 heterocycles. The number of hydrogen-bond donors (Lipinski definition) is 1. The van der Waals surface area contributed by atoms with E-state index < -0.39 is 0 Å². The van der Waals surface area contributed by atoms with E-state index in [1.807, 2.05) is 47.0 Å². The van der Waals surface area contributed by atoms with E-state index in [9.17, 15) is 4.79 Å². The number of ether oxygens (including phenoxy) is 2. The van der Waals surface area contributed by atoms with E-state index in [-0.39, 0.29) is 11.7 Å². The largest absolute Gasteiger partial charge is 0.497 e. The molecule has 0 saturated carbocycles. The molecule has 0 aliphatic carbocycles. The lowest BCUT2D eigenvalue weighted by atomic mass is 10.2. The minimum Gasteiger partial charge on any atom is -0.497 e. The first kappa shape index (κ1) is 21.5. The predicted molar refractivity (Wildman–Crippen MR) is 122 cm³/mol. The van der Waals surface area contributed by atoms with Crippen LogP contribution in [0, 0.1) is 0 Å². The number of amides is 1. The van der Waals surface area contributed by atoms with Crippen molar-refractivity contribution in [2.24, 2.45) is 0 Å². The van der Waals surface area contributed by atoms with Crippen LogP contribution in [0.4, 0.5) is 5.69 Å². The third-order valence-electron chi connectivity index (χ3n) is 4.61. The summed E-state index contributed by atoms with van der Waals surface area (Å²) in [6.07, 6.45) is 1.63. The summed E-state index contributed by atoms with van der Waals surface area (Å²) < 4.78 is 18.0. The zero-order valence-corrected chi connectivity index (χ0v) is 18.5. The van der Waals surface area contributed by atoms with Gasteiger partial charge < -0.3 is 19.2 Å². The molecule has 32 heavy (non-hydrogen) atoms. The summed E-state index contributed by atoms with van der Waals surface area (Å²) in [5.74, 6) is 2.65. The lowest BCUT2D eigenvalue weighted by Gasteiger charge is -2.11. The van der Waals surface area contributed by atoms with Gasteiger partial charge in [0.1, 0.15) is 17.3 Å². The number of rotatable bonds is 9. The highest BCUT2D eigenvalue weighted by molar-refractivity contribution is 7.99. The van der Waals surface area contributed by atoms with E-state index in [2.05, 4.69) is 15.5 Å². The van der Waals surface area contributed by atoms with Gasteiger partial charge >= 0.3 is 0 Å². The maximum atomic E-state index is 12.6. The Morgan fingerprint density at radius 3 is 2.44 bits per heavy atom. The Balaban J connectivity index is 1.50. The number of carbonyl (C=O) groups excluding carboxylic acids is 1. The van der Waals surface area contributed by atoms with Gasteiger partial charge in [-0.1, -0.05) is 42.1 Å². The number of benzene rings is 2. The topological polar surface area (TPSA) is 91.4 Å². The van der Waals surface area contributed by atoms with Crippen molar-refractivity contribution in [2.75, 3.05) is 25.3 Å². The SMILES string of the molecule is COc1cc(NC(=O)CSc2nnc(-c3ccccc3)n2Cc2ccco2)cc(OC)c1. The summed E-state index contributed by atoms with van der Waals surface area (Å²) in [5.41, 5.74) is 1.53. The van der Waals surface area contributed by atoms with Crippen LogP contribution in [0.15, 0.2) is 76.5 Å². The molecule has 0 aliphatic rings. The van der Waals surface area contributed by atoms with Crippen molar-refractivity contribution in [3.8, 4) is 22.9 Å². The molecule has 2 aromatic heterocycles. The monoisotopic (exact) mass is 450 g/mol. The minimum absolute atomic E-state index is 0.157. The molecule has 0 spiro atoms. The van der Waals surface area contributed by atoms with Crippen LogP contribution in [0.3, 0.4) is 0 Å². The summed E-state index contributed by atoms with van der Waals surface area (Å²) in [6, 6.07) is 18.7. The van der Waals surface area contributed by atoms with E-state index in [1.165, 1.54) is 11.8 Å². The van der Waals surface area contributed by atoms with Gasteiger partial charge in [0, 0.05) is 29.4 Å². The molecule has 0 fully saturated rings. The second kappa shape index (κ2) is 10.1. The molecule has 1 amide bonds. The second-order valence-corrected chi connectivity index (χ2v) is 7.72. The molecule has 1 N–H and O–H groups in total. The van der Waals surface area contributed by atoms with E-state index in [4.69, 9.17) is 13.9 Å². The first-order chi connectivity index (χ1) is 15.7. The molecule has 164 valence electrons. The highest BCUT2D eigenvalue weighted by atomic mass is 32.2. The average molecular weight is 451 g/mol. The van der Waals surface area contributed by atoms with E-state index >= 15 is 0 Å². The Kier molecular flexibility index (Phi) is 6.76. The van der Waals surface area contributed by atoms with Gasteiger partial charge in [0.15, 0.2) is 11.0 Å². The summed E-state index contributed by atoms with van der Waals surface area (Å²) in [4.78, 5) is 12.6. The minimum atomic E-state index is -0.181. The quantitative estimate of drug-likeness (QED) is 0.379. The van der Waals surface area contributed by atoms with Crippen LogP contribution in [0.25, 0.3) is 11.4 Å². The Bertz CT molecular complexity index is 1150. The van der Waals surface area contributed by atoms with Crippen molar-refractivity contribution in [2.45, 2.75) is 11.7 Å². The van der Waals surface area contributed by atoms with Gasteiger partial charge in [0.2, 0.25) is 5.91 Å². The molecule has 4 aromatic rings. The lowest BCUT2D eigenvalue weighted by Crippen LogP contribution is -2.15.